The molecule has 0 bridgehead atoms. The Kier molecular flexibility index (Phi) is 6.73. The van der Waals surface area contributed by atoms with Crippen molar-refractivity contribution < 1.29 is 9.53 Å². The lowest BCUT2D eigenvalue weighted by molar-refractivity contribution is -0.123. The van der Waals surface area contributed by atoms with Crippen LogP contribution in [0.4, 0.5) is 0 Å². The molecule has 0 aliphatic rings. The molecule has 0 saturated carbocycles. The number of nitrogens with one attached hydrogen (secondary N) is 1. The largest absolute Gasteiger partial charge is 0.484 e. The number of hydrogen-bond donors (Lipinski definition) is 1. The summed E-state index contributed by atoms with van der Waals surface area (Å²) in [6, 6.07) is 17.7. The van der Waals surface area contributed by atoms with E-state index in [2.05, 4.69) is 29.1 Å². The third-order valence-electron chi connectivity index (χ3n) is 4.39. The summed E-state index contributed by atoms with van der Waals surface area (Å²) in [7, 11) is 0. The van der Waals surface area contributed by atoms with Crippen molar-refractivity contribution >= 4 is 5.91 Å². The van der Waals surface area contributed by atoms with E-state index in [-0.39, 0.29) is 12.5 Å². The first-order valence-electron chi connectivity index (χ1n) is 9.47. The fraction of sp³-hybridized carbons (Fsp3) is 0.261. The Balaban J connectivity index is 1.40. The fourth-order valence-corrected chi connectivity index (χ4v) is 2.72. The highest BCUT2D eigenvalue weighted by molar-refractivity contribution is 5.77. The van der Waals surface area contributed by atoms with E-state index in [9.17, 15) is 4.79 Å². The van der Waals surface area contributed by atoms with Gasteiger partial charge in [0.25, 0.3) is 5.91 Å². The van der Waals surface area contributed by atoms with Crippen LogP contribution in [0.2, 0.25) is 0 Å². The molecule has 1 N–H and O–H groups in total. The first kappa shape index (κ1) is 19.5. The van der Waals surface area contributed by atoms with E-state index in [1.807, 2.05) is 54.6 Å². The third-order valence-corrected chi connectivity index (χ3v) is 4.39. The first-order valence-corrected chi connectivity index (χ1v) is 9.47. The monoisotopic (exact) mass is 375 g/mol. The highest BCUT2D eigenvalue weighted by Gasteiger charge is 2.05. The molecule has 1 aromatic heterocycles. The van der Waals surface area contributed by atoms with Gasteiger partial charge in [-0.05, 0) is 35.6 Å². The van der Waals surface area contributed by atoms with Crippen molar-refractivity contribution in [1.82, 2.24) is 15.3 Å². The summed E-state index contributed by atoms with van der Waals surface area (Å²) in [4.78, 5) is 20.7. The molecule has 0 spiro atoms. The van der Waals surface area contributed by atoms with Gasteiger partial charge in [0.15, 0.2) is 12.4 Å². The number of carbonyl (C=O) groups is 1. The van der Waals surface area contributed by atoms with Gasteiger partial charge in [0.1, 0.15) is 5.75 Å². The zero-order valence-electron chi connectivity index (χ0n) is 16.3. The van der Waals surface area contributed by atoms with Gasteiger partial charge in [-0.3, -0.25) is 4.79 Å². The number of rotatable bonds is 8. The van der Waals surface area contributed by atoms with Crippen LogP contribution in [0.5, 0.6) is 5.75 Å². The second-order valence-corrected chi connectivity index (χ2v) is 6.89. The van der Waals surface area contributed by atoms with Gasteiger partial charge in [-0.1, -0.05) is 56.3 Å². The predicted molar refractivity (Wildman–Crippen MR) is 110 cm³/mol. The molecule has 0 aliphatic heterocycles. The summed E-state index contributed by atoms with van der Waals surface area (Å²) < 4.78 is 5.53. The van der Waals surface area contributed by atoms with Crippen LogP contribution in [0.3, 0.4) is 0 Å². The quantitative estimate of drug-likeness (QED) is 0.646. The summed E-state index contributed by atoms with van der Waals surface area (Å²) in [6.45, 7) is 4.81. The minimum Gasteiger partial charge on any atom is -0.484 e. The summed E-state index contributed by atoms with van der Waals surface area (Å²) in [5.74, 6) is 1.73. The zero-order valence-corrected chi connectivity index (χ0v) is 16.3. The number of hydrogen-bond acceptors (Lipinski definition) is 4. The van der Waals surface area contributed by atoms with Gasteiger partial charge in [0, 0.05) is 24.5 Å². The van der Waals surface area contributed by atoms with Gasteiger partial charge in [0.05, 0.1) is 0 Å². The topological polar surface area (TPSA) is 64.1 Å². The van der Waals surface area contributed by atoms with Crippen molar-refractivity contribution in [2.45, 2.75) is 26.2 Å². The molecular weight excluding hydrogens is 350 g/mol. The van der Waals surface area contributed by atoms with Gasteiger partial charge in [0.2, 0.25) is 0 Å². The van der Waals surface area contributed by atoms with E-state index in [1.54, 1.807) is 12.4 Å². The van der Waals surface area contributed by atoms with Gasteiger partial charge < -0.3 is 10.1 Å². The molecule has 144 valence electrons. The summed E-state index contributed by atoms with van der Waals surface area (Å²) >= 11 is 0. The molecule has 0 saturated heterocycles. The molecule has 1 heterocycles. The smallest absolute Gasteiger partial charge is 0.257 e. The highest BCUT2D eigenvalue weighted by atomic mass is 16.5. The molecule has 0 aliphatic carbocycles. The normalized spacial score (nSPS) is 10.7. The molecule has 0 atom stereocenters. The lowest BCUT2D eigenvalue weighted by Gasteiger charge is -2.09. The van der Waals surface area contributed by atoms with Crippen LogP contribution in [-0.2, 0) is 11.2 Å². The number of carbonyl (C=O) groups excluding carboxylic acids is 1. The fourth-order valence-electron chi connectivity index (χ4n) is 2.72. The number of nitrogens with zero attached hydrogens (tertiary/aromatic N) is 2. The number of ether oxygens (including phenoxy) is 1. The molecule has 3 rings (SSSR count). The van der Waals surface area contributed by atoms with Crippen LogP contribution >= 0.6 is 0 Å². The minimum atomic E-state index is -0.144. The van der Waals surface area contributed by atoms with Gasteiger partial charge >= 0.3 is 0 Å². The lowest BCUT2D eigenvalue weighted by Crippen LogP contribution is -2.30. The molecule has 1 amide bonds. The van der Waals surface area contributed by atoms with Crippen LogP contribution in [0.15, 0.2) is 67.0 Å². The number of benzene rings is 2. The predicted octanol–water partition coefficient (Wildman–Crippen LogP) is 4.00. The molecular formula is C23H25N3O2. The Morgan fingerprint density at radius 3 is 2.32 bits per heavy atom. The molecule has 0 unspecified atom stereocenters. The summed E-state index contributed by atoms with van der Waals surface area (Å²) in [6.07, 6.45) is 4.27. The molecule has 5 nitrogen and oxygen atoms in total. The summed E-state index contributed by atoms with van der Waals surface area (Å²) in [5.41, 5.74) is 3.21. The van der Waals surface area contributed by atoms with Gasteiger partial charge in [-0.15, -0.1) is 0 Å². The molecule has 2 aromatic carbocycles. The average Bonchev–Trinajstić information content (AvgIpc) is 2.74. The maximum absolute atomic E-state index is 12.0. The second-order valence-electron chi connectivity index (χ2n) is 6.89. The van der Waals surface area contributed by atoms with Gasteiger partial charge in [-0.2, -0.15) is 0 Å². The highest BCUT2D eigenvalue weighted by Crippen LogP contribution is 2.18. The van der Waals surface area contributed by atoms with E-state index >= 15 is 0 Å². The molecule has 28 heavy (non-hydrogen) atoms. The Morgan fingerprint density at radius 1 is 1.00 bits per heavy atom. The average molecular weight is 375 g/mol. The first-order chi connectivity index (χ1) is 13.6. The van der Waals surface area contributed by atoms with Crippen LogP contribution < -0.4 is 10.1 Å². The summed E-state index contributed by atoms with van der Waals surface area (Å²) in [5, 5.41) is 2.86. The third kappa shape index (κ3) is 5.64. The Labute approximate surface area is 165 Å². The second kappa shape index (κ2) is 9.65. The van der Waals surface area contributed by atoms with E-state index in [4.69, 9.17) is 4.74 Å². The maximum atomic E-state index is 12.0. The molecule has 3 aromatic rings. The van der Waals surface area contributed by atoms with Crippen molar-refractivity contribution in [3.05, 3.63) is 78.1 Å². The minimum absolute atomic E-state index is 0.00443. The van der Waals surface area contributed by atoms with Crippen LogP contribution in [0.25, 0.3) is 11.4 Å². The molecule has 0 fully saturated rings. The van der Waals surface area contributed by atoms with E-state index in [0.29, 0.717) is 30.5 Å². The molecule has 5 heteroatoms. The standard InChI is InChI=1S/C23H25N3O2/c1-17(2)19-8-10-21(11-9-19)28-16-22(27)24-13-12-18-14-25-23(26-15-18)20-6-4-3-5-7-20/h3-11,14-15,17H,12-13,16H2,1-2H3,(H,24,27). The Morgan fingerprint density at radius 2 is 1.68 bits per heavy atom. The van der Waals surface area contributed by atoms with Crippen molar-refractivity contribution in [3.63, 3.8) is 0 Å². The van der Waals surface area contributed by atoms with Crippen molar-refractivity contribution in [2.24, 2.45) is 0 Å². The van der Waals surface area contributed by atoms with E-state index in [1.165, 1.54) is 5.56 Å². The maximum Gasteiger partial charge on any atom is 0.257 e. The van der Waals surface area contributed by atoms with E-state index < -0.39 is 0 Å². The Hall–Kier alpha value is -3.21. The molecule has 0 radical (unpaired) electrons. The SMILES string of the molecule is CC(C)c1ccc(OCC(=O)NCCc2cnc(-c3ccccc3)nc2)cc1. The Bertz CT molecular complexity index is 876. The van der Waals surface area contributed by atoms with Crippen LogP contribution in [0, 0.1) is 0 Å². The van der Waals surface area contributed by atoms with Crippen LogP contribution in [0.1, 0.15) is 30.9 Å². The van der Waals surface area contributed by atoms with Gasteiger partial charge in [-0.25, -0.2) is 9.97 Å². The van der Waals surface area contributed by atoms with E-state index in [0.717, 1.165) is 11.1 Å². The lowest BCUT2D eigenvalue weighted by atomic mass is 10.0. The van der Waals surface area contributed by atoms with Crippen molar-refractivity contribution in [3.8, 4) is 17.1 Å². The van der Waals surface area contributed by atoms with Crippen LogP contribution in [-0.4, -0.2) is 29.0 Å². The number of amides is 1. The van der Waals surface area contributed by atoms with Crippen molar-refractivity contribution in [1.29, 1.82) is 0 Å². The number of aromatic nitrogens is 2. The zero-order chi connectivity index (χ0) is 19.8. The van der Waals surface area contributed by atoms with Crippen molar-refractivity contribution in [2.75, 3.05) is 13.2 Å².